The van der Waals surface area contributed by atoms with Crippen molar-refractivity contribution in [3.63, 3.8) is 0 Å². The minimum atomic E-state index is -4.68. The van der Waals surface area contributed by atoms with E-state index in [1.54, 1.807) is 0 Å². The molecule has 10 nitrogen and oxygen atoms in total. The molecule has 178 valence electrons. The molecule has 3 N–H and O–H groups in total. The molecular formula is C18H20F3N7O3S2. The molecule has 3 aromatic rings. The zero-order valence-electron chi connectivity index (χ0n) is 17.2. The molecule has 0 saturated carbocycles. The number of aliphatic hydroxyl groups is 1. The van der Waals surface area contributed by atoms with E-state index in [1.165, 1.54) is 29.8 Å². The maximum absolute atomic E-state index is 13.5. The van der Waals surface area contributed by atoms with Gasteiger partial charge >= 0.3 is 6.18 Å². The van der Waals surface area contributed by atoms with Gasteiger partial charge < -0.3 is 10.4 Å². The van der Waals surface area contributed by atoms with Gasteiger partial charge in [0.25, 0.3) is 0 Å². The molecule has 0 amide bonds. The van der Waals surface area contributed by atoms with E-state index >= 15 is 0 Å². The van der Waals surface area contributed by atoms with Gasteiger partial charge in [0.1, 0.15) is 21.2 Å². The number of hydrogen-bond acceptors (Lipinski definition) is 9. The first kappa shape index (κ1) is 23.5. The van der Waals surface area contributed by atoms with Crippen LogP contribution in [0.4, 0.5) is 19.1 Å². The third kappa shape index (κ3) is 5.00. The van der Waals surface area contributed by atoms with Gasteiger partial charge in [-0.25, -0.2) is 23.4 Å². The van der Waals surface area contributed by atoms with Crippen molar-refractivity contribution in [3.05, 3.63) is 35.2 Å². The highest BCUT2D eigenvalue weighted by Gasteiger charge is 2.37. The van der Waals surface area contributed by atoms with Gasteiger partial charge in [0, 0.05) is 37.7 Å². The topological polar surface area (TPSA) is 137 Å². The lowest BCUT2D eigenvalue weighted by Crippen LogP contribution is -2.42. The number of hydrogen-bond donors (Lipinski definition) is 3. The van der Waals surface area contributed by atoms with Crippen LogP contribution < -0.4 is 5.32 Å². The molecule has 0 radical (unpaired) electrons. The van der Waals surface area contributed by atoms with Crippen LogP contribution >= 0.6 is 11.3 Å². The number of aromatic nitrogens is 5. The van der Waals surface area contributed by atoms with Crippen molar-refractivity contribution in [1.29, 1.82) is 0 Å². The van der Waals surface area contributed by atoms with E-state index in [0.29, 0.717) is 23.9 Å². The Balaban J connectivity index is 1.51. The number of nitrogens with zero attached hydrogens (tertiary/aromatic N) is 5. The minimum Gasteiger partial charge on any atom is -0.388 e. The molecule has 0 spiro atoms. The molecule has 4 heterocycles. The molecule has 15 heteroatoms. The molecule has 0 aromatic carbocycles. The minimum absolute atomic E-state index is 0.0112. The predicted molar refractivity (Wildman–Crippen MR) is 113 cm³/mol. The van der Waals surface area contributed by atoms with Crippen LogP contribution in [0.25, 0.3) is 10.7 Å². The molecule has 1 aliphatic heterocycles. The fourth-order valence-electron chi connectivity index (χ4n) is 3.36. The number of thiazole rings is 1. The van der Waals surface area contributed by atoms with Gasteiger partial charge in [-0.3, -0.25) is 5.10 Å². The summed E-state index contributed by atoms with van der Waals surface area (Å²) in [4.78, 5) is 12.4. The summed E-state index contributed by atoms with van der Waals surface area (Å²) in [5.41, 5.74) is -1.41. The summed E-state index contributed by atoms with van der Waals surface area (Å²) in [7, 11) is -3.66. The molecule has 0 bridgehead atoms. The van der Waals surface area contributed by atoms with Crippen molar-refractivity contribution in [1.82, 2.24) is 29.5 Å². The van der Waals surface area contributed by atoms with Gasteiger partial charge in [-0.2, -0.15) is 22.6 Å². The van der Waals surface area contributed by atoms with Crippen molar-refractivity contribution >= 4 is 27.3 Å². The summed E-state index contributed by atoms with van der Waals surface area (Å²) < 4.78 is 67.1. The monoisotopic (exact) mass is 503 g/mol. The van der Waals surface area contributed by atoms with Crippen LogP contribution in [0.2, 0.25) is 0 Å². The summed E-state index contributed by atoms with van der Waals surface area (Å²) in [5.74, 6) is -0.0112. The number of sulfonamides is 1. The van der Waals surface area contributed by atoms with E-state index in [1.807, 2.05) is 0 Å². The molecule has 1 fully saturated rings. The van der Waals surface area contributed by atoms with Crippen molar-refractivity contribution in [2.45, 2.75) is 43.0 Å². The second-order valence-corrected chi connectivity index (χ2v) is 10.5. The van der Waals surface area contributed by atoms with Crippen molar-refractivity contribution in [3.8, 4) is 10.7 Å². The van der Waals surface area contributed by atoms with Gasteiger partial charge in [-0.1, -0.05) is 0 Å². The molecule has 0 aliphatic carbocycles. The fraction of sp³-hybridized carbons (Fsp3) is 0.444. The highest BCUT2D eigenvalue weighted by molar-refractivity contribution is 7.89. The van der Waals surface area contributed by atoms with Gasteiger partial charge in [-0.05, 0) is 19.8 Å². The van der Waals surface area contributed by atoms with Crippen LogP contribution in [-0.2, 0) is 16.2 Å². The average Bonchev–Trinajstić information content (AvgIpc) is 3.46. The lowest BCUT2D eigenvalue weighted by Gasteiger charge is -2.31. The van der Waals surface area contributed by atoms with Crippen LogP contribution in [0.1, 0.15) is 36.3 Å². The third-order valence-corrected chi connectivity index (χ3v) is 8.17. The predicted octanol–water partition coefficient (Wildman–Crippen LogP) is 2.66. The average molecular weight is 504 g/mol. The second-order valence-electron chi connectivity index (χ2n) is 7.45. The Kier molecular flexibility index (Phi) is 6.39. The van der Waals surface area contributed by atoms with Crippen LogP contribution in [0.3, 0.4) is 0 Å². The van der Waals surface area contributed by atoms with Crippen LogP contribution in [-0.4, -0.2) is 62.1 Å². The summed E-state index contributed by atoms with van der Waals surface area (Å²) in [6.07, 6.45) is -0.161. The largest absolute Gasteiger partial charge is 0.420 e. The molecule has 3 aromatic heterocycles. The Morgan fingerprint density at radius 1 is 1.24 bits per heavy atom. The first-order valence-corrected chi connectivity index (χ1v) is 12.1. The Hall–Kier alpha value is -2.62. The highest BCUT2D eigenvalue weighted by atomic mass is 32.2. The quantitative estimate of drug-likeness (QED) is 0.467. The number of aromatic amines is 1. The number of H-pyrrole nitrogens is 1. The van der Waals surface area contributed by atoms with Gasteiger partial charge in [-0.15, -0.1) is 11.3 Å². The summed E-state index contributed by atoms with van der Waals surface area (Å²) in [6, 6.07) is -0.227. The summed E-state index contributed by atoms with van der Waals surface area (Å²) in [5, 5.41) is 18.8. The summed E-state index contributed by atoms with van der Waals surface area (Å²) in [6.45, 7) is 1.94. The van der Waals surface area contributed by atoms with Crippen molar-refractivity contribution < 1.29 is 26.7 Å². The molecule has 1 aliphatic rings. The van der Waals surface area contributed by atoms with Gasteiger partial charge in [0.05, 0.1) is 17.2 Å². The van der Waals surface area contributed by atoms with E-state index in [4.69, 9.17) is 0 Å². The Bertz CT molecular complexity index is 1210. The Morgan fingerprint density at radius 3 is 2.55 bits per heavy atom. The van der Waals surface area contributed by atoms with Crippen LogP contribution in [0.15, 0.2) is 29.7 Å². The van der Waals surface area contributed by atoms with Gasteiger partial charge in [0.15, 0.2) is 0 Å². The number of nitrogens with one attached hydrogen (secondary N) is 2. The number of rotatable bonds is 6. The smallest absolute Gasteiger partial charge is 0.388 e. The van der Waals surface area contributed by atoms with Crippen molar-refractivity contribution in [2.75, 3.05) is 18.4 Å². The van der Waals surface area contributed by atoms with Crippen LogP contribution in [0.5, 0.6) is 0 Å². The van der Waals surface area contributed by atoms with E-state index in [0.717, 1.165) is 11.3 Å². The lowest BCUT2D eigenvalue weighted by atomic mass is 10.1. The van der Waals surface area contributed by atoms with Crippen molar-refractivity contribution in [2.24, 2.45) is 0 Å². The SMILES string of the molecule is CC(O)c1cnc(-c2nc(NC3CCN(S(=O)(=O)c4cn[nH]c4)CC3)ncc2C(F)(F)F)s1. The zero-order valence-corrected chi connectivity index (χ0v) is 18.9. The van der Waals surface area contributed by atoms with E-state index < -0.39 is 27.9 Å². The molecular weight excluding hydrogens is 483 g/mol. The third-order valence-electron chi connectivity index (χ3n) is 5.13. The second kappa shape index (κ2) is 8.96. The molecule has 1 unspecified atom stereocenters. The Labute approximate surface area is 191 Å². The number of anilines is 1. The Morgan fingerprint density at radius 2 is 1.97 bits per heavy atom. The van der Waals surface area contributed by atoms with Gasteiger partial charge in [0.2, 0.25) is 16.0 Å². The summed E-state index contributed by atoms with van der Waals surface area (Å²) >= 11 is 0.921. The number of piperidine rings is 1. The number of halogens is 3. The normalized spacial score (nSPS) is 17.2. The molecule has 1 atom stereocenters. The lowest BCUT2D eigenvalue weighted by molar-refractivity contribution is -0.137. The standard InChI is InChI=1S/C18H20F3N7O3S2/c1-10(29)14-9-22-16(32-14)15-13(18(19,20)21)8-23-17(27-15)26-11-2-4-28(5-3-11)33(30,31)12-6-24-25-7-12/h6-11,29H,2-5H2,1H3,(H,24,25)(H,23,26,27). The number of aliphatic hydroxyl groups excluding tert-OH is 1. The highest BCUT2D eigenvalue weighted by Crippen LogP contribution is 2.38. The molecule has 33 heavy (non-hydrogen) atoms. The van der Waals surface area contributed by atoms with E-state index in [-0.39, 0.29) is 40.7 Å². The first-order chi connectivity index (χ1) is 15.6. The molecule has 1 saturated heterocycles. The van der Waals surface area contributed by atoms with Crippen LogP contribution in [0, 0.1) is 0 Å². The zero-order chi connectivity index (χ0) is 23.8. The maximum atomic E-state index is 13.5. The fourth-order valence-corrected chi connectivity index (χ4v) is 5.60. The maximum Gasteiger partial charge on any atom is 0.420 e. The molecule has 4 rings (SSSR count). The van der Waals surface area contributed by atoms with E-state index in [9.17, 15) is 26.7 Å². The first-order valence-electron chi connectivity index (χ1n) is 9.89. The van der Waals surface area contributed by atoms with E-state index in [2.05, 4.69) is 30.5 Å². The number of alkyl halides is 3.